The number of hydrogen-bond acceptors (Lipinski definition) is 5. The summed E-state index contributed by atoms with van der Waals surface area (Å²) in [6.07, 6.45) is 0. The molecule has 0 saturated heterocycles. The normalized spacial score (nSPS) is 10.3. The third-order valence-electron chi connectivity index (χ3n) is 3.76. The number of aromatic nitrogens is 1. The zero-order chi connectivity index (χ0) is 19.2. The van der Waals surface area contributed by atoms with Gasteiger partial charge in [0.2, 0.25) is 0 Å². The fraction of sp³-hybridized carbons (Fsp3) is 0.150. The van der Waals surface area contributed by atoms with Crippen molar-refractivity contribution in [3.8, 4) is 5.75 Å². The predicted octanol–water partition coefficient (Wildman–Crippen LogP) is 3.64. The maximum absolute atomic E-state index is 12.5. The quantitative estimate of drug-likeness (QED) is 0.683. The second kappa shape index (κ2) is 8.46. The van der Waals surface area contributed by atoms with Gasteiger partial charge in [-0.1, -0.05) is 12.1 Å². The summed E-state index contributed by atoms with van der Waals surface area (Å²) < 4.78 is 5.72. The number of carbonyl (C=O) groups excluding carboxylic acids is 2. The highest BCUT2D eigenvalue weighted by atomic mass is 32.1. The topological polar surface area (TPSA) is 80.3 Å². The molecule has 27 heavy (non-hydrogen) atoms. The van der Waals surface area contributed by atoms with Crippen LogP contribution in [0.15, 0.2) is 53.9 Å². The Hall–Kier alpha value is -3.19. The molecule has 3 aromatic rings. The van der Waals surface area contributed by atoms with Crippen molar-refractivity contribution in [1.82, 2.24) is 10.3 Å². The number of carbonyl (C=O) groups is 2. The number of thiazole rings is 1. The number of amides is 2. The van der Waals surface area contributed by atoms with Crippen molar-refractivity contribution >= 4 is 28.8 Å². The summed E-state index contributed by atoms with van der Waals surface area (Å²) in [4.78, 5) is 28.6. The maximum Gasteiger partial charge on any atom is 0.255 e. The number of benzene rings is 2. The molecule has 0 bridgehead atoms. The van der Waals surface area contributed by atoms with Crippen molar-refractivity contribution in [1.29, 1.82) is 0 Å². The molecule has 0 atom stereocenters. The number of anilines is 1. The molecule has 1 aromatic heterocycles. The molecule has 0 radical (unpaired) electrons. The molecule has 0 aliphatic carbocycles. The van der Waals surface area contributed by atoms with Gasteiger partial charge in [0, 0.05) is 29.2 Å². The molecule has 1 heterocycles. The molecular formula is C20H19N3O3S. The lowest BCUT2D eigenvalue weighted by Crippen LogP contribution is -2.18. The molecule has 0 fully saturated rings. The van der Waals surface area contributed by atoms with Crippen LogP contribution in [-0.2, 0) is 6.61 Å². The van der Waals surface area contributed by atoms with Gasteiger partial charge in [-0.05, 0) is 43.3 Å². The lowest BCUT2D eigenvalue weighted by Gasteiger charge is -2.09. The molecule has 0 aliphatic rings. The third kappa shape index (κ3) is 4.92. The van der Waals surface area contributed by atoms with E-state index in [0.29, 0.717) is 29.2 Å². The number of rotatable bonds is 6. The van der Waals surface area contributed by atoms with Gasteiger partial charge in [0.15, 0.2) is 0 Å². The SMILES string of the molecule is CNC(=O)c1cccc(NC(=O)c2cccc(OCc3csc(C)n3)c2)c1. The number of hydrogen-bond donors (Lipinski definition) is 2. The molecule has 2 N–H and O–H groups in total. The van der Waals surface area contributed by atoms with Gasteiger partial charge in [0.1, 0.15) is 12.4 Å². The van der Waals surface area contributed by atoms with Crippen LogP contribution in [0.3, 0.4) is 0 Å². The van der Waals surface area contributed by atoms with Gasteiger partial charge in [0.25, 0.3) is 11.8 Å². The van der Waals surface area contributed by atoms with Crippen LogP contribution in [0.25, 0.3) is 0 Å². The Kier molecular flexibility index (Phi) is 5.83. The Morgan fingerprint density at radius 1 is 1.07 bits per heavy atom. The van der Waals surface area contributed by atoms with Crippen LogP contribution in [-0.4, -0.2) is 23.8 Å². The van der Waals surface area contributed by atoms with Crippen molar-refractivity contribution in [2.24, 2.45) is 0 Å². The van der Waals surface area contributed by atoms with Gasteiger partial charge in [-0.3, -0.25) is 9.59 Å². The van der Waals surface area contributed by atoms with Crippen LogP contribution < -0.4 is 15.4 Å². The van der Waals surface area contributed by atoms with Crippen molar-refractivity contribution in [2.45, 2.75) is 13.5 Å². The van der Waals surface area contributed by atoms with E-state index in [1.807, 2.05) is 12.3 Å². The standard InChI is InChI=1S/C20H19N3O3S/c1-13-22-17(12-27-13)11-26-18-8-4-6-15(10-18)20(25)23-16-7-3-5-14(9-16)19(24)21-2/h3-10,12H,11H2,1-2H3,(H,21,24)(H,23,25). The van der Waals surface area contributed by atoms with Gasteiger partial charge in [-0.15, -0.1) is 11.3 Å². The van der Waals surface area contributed by atoms with E-state index in [9.17, 15) is 9.59 Å². The van der Waals surface area contributed by atoms with Gasteiger partial charge in [0.05, 0.1) is 10.7 Å². The molecule has 0 aliphatic heterocycles. The molecule has 6 nitrogen and oxygen atoms in total. The van der Waals surface area contributed by atoms with Gasteiger partial charge in [-0.2, -0.15) is 0 Å². The average molecular weight is 381 g/mol. The predicted molar refractivity (Wildman–Crippen MR) is 105 cm³/mol. The fourth-order valence-corrected chi connectivity index (χ4v) is 3.04. The van der Waals surface area contributed by atoms with Crippen LogP contribution >= 0.6 is 11.3 Å². The summed E-state index contributed by atoms with van der Waals surface area (Å²) in [5.74, 6) is 0.102. The molecule has 0 unspecified atom stereocenters. The zero-order valence-electron chi connectivity index (χ0n) is 15.0. The van der Waals surface area contributed by atoms with E-state index in [1.54, 1.807) is 66.9 Å². The highest BCUT2D eigenvalue weighted by molar-refractivity contribution is 7.09. The van der Waals surface area contributed by atoms with Gasteiger partial charge >= 0.3 is 0 Å². The smallest absolute Gasteiger partial charge is 0.255 e. The molecule has 0 spiro atoms. The lowest BCUT2D eigenvalue weighted by molar-refractivity contribution is 0.0961. The summed E-state index contributed by atoms with van der Waals surface area (Å²) in [7, 11) is 1.56. The van der Waals surface area contributed by atoms with Crippen molar-refractivity contribution in [3.63, 3.8) is 0 Å². The second-order valence-electron chi connectivity index (χ2n) is 5.79. The number of ether oxygens (including phenoxy) is 1. The molecule has 2 aromatic carbocycles. The first-order valence-electron chi connectivity index (χ1n) is 8.32. The molecule has 7 heteroatoms. The number of nitrogens with one attached hydrogen (secondary N) is 2. The summed E-state index contributed by atoms with van der Waals surface area (Å²) in [6, 6.07) is 13.7. The minimum atomic E-state index is -0.279. The van der Waals surface area contributed by atoms with Gasteiger partial charge < -0.3 is 15.4 Å². The highest BCUT2D eigenvalue weighted by Gasteiger charge is 2.10. The van der Waals surface area contributed by atoms with E-state index in [0.717, 1.165) is 10.7 Å². The molecular weight excluding hydrogens is 362 g/mol. The summed E-state index contributed by atoms with van der Waals surface area (Å²) in [6.45, 7) is 2.29. The van der Waals surface area contributed by atoms with E-state index in [4.69, 9.17) is 4.74 Å². The Labute approximate surface area is 161 Å². The van der Waals surface area contributed by atoms with Crippen LogP contribution in [0.2, 0.25) is 0 Å². The lowest BCUT2D eigenvalue weighted by atomic mass is 10.1. The molecule has 138 valence electrons. The Morgan fingerprint density at radius 2 is 1.81 bits per heavy atom. The Balaban J connectivity index is 1.67. The molecule has 3 rings (SSSR count). The maximum atomic E-state index is 12.5. The van der Waals surface area contributed by atoms with Crippen molar-refractivity contribution < 1.29 is 14.3 Å². The van der Waals surface area contributed by atoms with E-state index in [1.165, 1.54) is 0 Å². The van der Waals surface area contributed by atoms with E-state index < -0.39 is 0 Å². The Morgan fingerprint density at radius 3 is 2.52 bits per heavy atom. The molecule has 2 amide bonds. The van der Waals surface area contributed by atoms with E-state index in [-0.39, 0.29) is 11.8 Å². The van der Waals surface area contributed by atoms with Crippen molar-refractivity contribution in [3.05, 3.63) is 75.7 Å². The number of aryl methyl sites for hydroxylation is 1. The second-order valence-corrected chi connectivity index (χ2v) is 6.85. The van der Waals surface area contributed by atoms with E-state index in [2.05, 4.69) is 15.6 Å². The largest absolute Gasteiger partial charge is 0.487 e. The first kappa shape index (κ1) is 18.6. The average Bonchev–Trinajstić information content (AvgIpc) is 3.11. The van der Waals surface area contributed by atoms with E-state index >= 15 is 0 Å². The fourth-order valence-electron chi connectivity index (χ4n) is 2.44. The minimum Gasteiger partial charge on any atom is -0.487 e. The monoisotopic (exact) mass is 381 g/mol. The molecule has 0 saturated carbocycles. The van der Waals surface area contributed by atoms with Crippen LogP contribution in [0.4, 0.5) is 5.69 Å². The summed E-state index contributed by atoms with van der Waals surface area (Å²) in [5.41, 5.74) is 2.35. The van der Waals surface area contributed by atoms with Gasteiger partial charge in [-0.25, -0.2) is 4.98 Å². The first-order valence-corrected chi connectivity index (χ1v) is 9.20. The first-order chi connectivity index (χ1) is 13.0. The van der Waals surface area contributed by atoms with Crippen LogP contribution in [0.1, 0.15) is 31.4 Å². The van der Waals surface area contributed by atoms with Crippen molar-refractivity contribution in [2.75, 3.05) is 12.4 Å². The zero-order valence-corrected chi connectivity index (χ0v) is 15.8. The van der Waals surface area contributed by atoms with Crippen LogP contribution in [0, 0.1) is 6.92 Å². The highest BCUT2D eigenvalue weighted by Crippen LogP contribution is 2.18. The summed E-state index contributed by atoms with van der Waals surface area (Å²) >= 11 is 1.57. The number of nitrogens with zero attached hydrogens (tertiary/aromatic N) is 1. The third-order valence-corrected chi connectivity index (χ3v) is 4.58. The van der Waals surface area contributed by atoms with Crippen LogP contribution in [0.5, 0.6) is 5.75 Å². The summed E-state index contributed by atoms with van der Waals surface area (Å²) in [5, 5.41) is 8.29. The Bertz CT molecular complexity index is 968. The minimum absolute atomic E-state index is 0.209.